The minimum absolute atomic E-state index is 0.123. The van der Waals surface area contributed by atoms with Gasteiger partial charge in [-0.05, 0) is 37.1 Å². The first kappa shape index (κ1) is 16.2. The molecular formula is C16H24N2O2. The van der Waals surface area contributed by atoms with Crippen LogP contribution in [0.1, 0.15) is 31.1 Å². The second-order valence-corrected chi connectivity index (χ2v) is 5.35. The van der Waals surface area contributed by atoms with Crippen molar-refractivity contribution in [3.05, 3.63) is 42.5 Å². The monoisotopic (exact) mass is 276 g/mol. The van der Waals surface area contributed by atoms with E-state index in [1.807, 2.05) is 20.8 Å². The molecule has 1 atom stereocenters. The Kier molecular flexibility index (Phi) is 5.77. The Morgan fingerprint density at radius 2 is 2.05 bits per heavy atom. The summed E-state index contributed by atoms with van der Waals surface area (Å²) in [6.45, 7) is 10.5. The molecular weight excluding hydrogens is 252 g/mol. The van der Waals surface area contributed by atoms with Crippen molar-refractivity contribution in [3.8, 4) is 5.75 Å². The zero-order valence-electron chi connectivity index (χ0n) is 12.5. The maximum Gasteiger partial charge on any atom is 0.251 e. The second kappa shape index (κ2) is 7.10. The number of hydrogen-bond acceptors (Lipinski definition) is 3. The highest BCUT2D eigenvalue weighted by molar-refractivity contribution is 5.94. The van der Waals surface area contributed by atoms with Crippen LogP contribution in [0.2, 0.25) is 0 Å². The lowest BCUT2D eigenvalue weighted by Gasteiger charge is -2.33. The molecule has 0 aliphatic rings. The quantitative estimate of drug-likeness (QED) is 0.751. The van der Waals surface area contributed by atoms with E-state index in [2.05, 4.69) is 11.9 Å². The van der Waals surface area contributed by atoms with Crippen molar-refractivity contribution >= 4 is 5.91 Å². The number of nitrogens with one attached hydrogen (secondary N) is 1. The third-order valence-corrected chi connectivity index (χ3v) is 3.58. The Bertz CT molecular complexity index is 454. The maximum atomic E-state index is 12.2. The van der Waals surface area contributed by atoms with Crippen LogP contribution in [-0.2, 0) is 0 Å². The molecule has 110 valence electrons. The highest BCUT2D eigenvalue weighted by atomic mass is 16.5. The van der Waals surface area contributed by atoms with Gasteiger partial charge < -0.3 is 15.8 Å². The molecule has 1 aromatic carbocycles. The Morgan fingerprint density at radius 3 is 2.50 bits per heavy atom. The predicted molar refractivity (Wildman–Crippen MR) is 81.9 cm³/mol. The van der Waals surface area contributed by atoms with Crippen molar-refractivity contribution in [2.24, 2.45) is 11.7 Å². The zero-order valence-corrected chi connectivity index (χ0v) is 12.5. The second-order valence-electron chi connectivity index (χ2n) is 5.35. The molecule has 1 aromatic rings. The van der Waals surface area contributed by atoms with Crippen molar-refractivity contribution < 1.29 is 9.53 Å². The summed E-state index contributed by atoms with van der Waals surface area (Å²) in [4.78, 5) is 12.2. The number of benzene rings is 1. The molecule has 1 unspecified atom stereocenters. The minimum Gasteiger partial charge on any atom is -0.490 e. The largest absolute Gasteiger partial charge is 0.490 e. The molecule has 0 aliphatic heterocycles. The summed E-state index contributed by atoms with van der Waals surface area (Å²) in [5, 5.41) is 3.00. The van der Waals surface area contributed by atoms with Crippen LogP contribution < -0.4 is 15.8 Å². The lowest BCUT2D eigenvalue weighted by Crippen LogP contribution is -2.55. The Labute approximate surface area is 121 Å². The molecule has 0 saturated heterocycles. The van der Waals surface area contributed by atoms with Crippen LogP contribution in [0.25, 0.3) is 0 Å². The van der Waals surface area contributed by atoms with E-state index in [0.717, 1.165) is 0 Å². The molecule has 1 rings (SSSR count). The summed E-state index contributed by atoms with van der Waals surface area (Å²) in [5.74, 6) is 0.848. The molecule has 1 amide bonds. The van der Waals surface area contributed by atoms with Gasteiger partial charge in [0, 0.05) is 12.1 Å². The van der Waals surface area contributed by atoms with E-state index in [1.165, 1.54) is 0 Å². The smallest absolute Gasteiger partial charge is 0.251 e. The van der Waals surface area contributed by atoms with Crippen LogP contribution in [0.15, 0.2) is 36.9 Å². The van der Waals surface area contributed by atoms with E-state index in [-0.39, 0.29) is 11.8 Å². The fraction of sp³-hybridized carbons (Fsp3) is 0.438. The van der Waals surface area contributed by atoms with E-state index in [4.69, 9.17) is 10.5 Å². The van der Waals surface area contributed by atoms with Crippen LogP contribution in [0.4, 0.5) is 0 Å². The molecule has 3 N–H and O–H groups in total. The van der Waals surface area contributed by atoms with Gasteiger partial charge in [-0.15, -0.1) is 0 Å². The van der Waals surface area contributed by atoms with E-state index >= 15 is 0 Å². The highest BCUT2D eigenvalue weighted by Gasteiger charge is 2.28. The summed E-state index contributed by atoms with van der Waals surface area (Å²) < 4.78 is 5.38. The Hall–Kier alpha value is -1.81. The van der Waals surface area contributed by atoms with Crippen molar-refractivity contribution in [2.75, 3.05) is 13.2 Å². The molecule has 0 heterocycles. The third kappa shape index (κ3) is 4.10. The molecule has 4 nitrogen and oxygen atoms in total. The fourth-order valence-electron chi connectivity index (χ4n) is 1.62. The van der Waals surface area contributed by atoms with Gasteiger partial charge in [0.25, 0.3) is 5.91 Å². The number of carbonyl (C=O) groups excluding carboxylic acids is 1. The SMILES string of the molecule is C=CCOc1ccc(C(=O)NC(C)(CN)C(C)C)cc1. The normalized spacial score (nSPS) is 13.7. The zero-order chi connectivity index (χ0) is 15.2. The molecule has 20 heavy (non-hydrogen) atoms. The average molecular weight is 276 g/mol. The van der Waals surface area contributed by atoms with Gasteiger partial charge in [-0.25, -0.2) is 0 Å². The highest BCUT2D eigenvalue weighted by Crippen LogP contribution is 2.17. The van der Waals surface area contributed by atoms with Gasteiger partial charge in [0.15, 0.2) is 0 Å². The summed E-state index contributed by atoms with van der Waals surface area (Å²) in [6.07, 6.45) is 1.68. The van der Waals surface area contributed by atoms with Crippen LogP contribution in [-0.4, -0.2) is 24.6 Å². The first-order valence-electron chi connectivity index (χ1n) is 6.79. The van der Waals surface area contributed by atoms with Gasteiger partial charge >= 0.3 is 0 Å². The first-order valence-corrected chi connectivity index (χ1v) is 6.79. The summed E-state index contributed by atoms with van der Waals surface area (Å²) in [6, 6.07) is 7.02. The number of nitrogens with two attached hydrogens (primary N) is 1. The van der Waals surface area contributed by atoms with Crippen LogP contribution >= 0.6 is 0 Å². The van der Waals surface area contributed by atoms with Crippen molar-refractivity contribution in [1.29, 1.82) is 0 Å². The molecule has 4 heteroatoms. The molecule has 0 saturated carbocycles. The lowest BCUT2D eigenvalue weighted by molar-refractivity contribution is 0.0883. The van der Waals surface area contributed by atoms with Crippen LogP contribution in [0, 0.1) is 5.92 Å². The number of ether oxygens (including phenoxy) is 1. The fourth-order valence-corrected chi connectivity index (χ4v) is 1.62. The first-order chi connectivity index (χ1) is 9.42. The van der Waals surface area contributed by atoms with Crippen molar-refractivity contribution in [1.82, 2.24) is 5.32 Å². The Morgan fingerprint density at radius 1 is 1.45 bits per heavy atom. The molecule has 0 bridgehead atoms. The van der Waals surface area contributed by atoms with Crippen LogP contribution in [0.5, 0.6) is 5.75 Å². The third-order valence-electron chi connectivity index (χ3n) is 3.58. The topological polar surface area (TPSA) is 64.3 Å². The molecule has 0 spiro atoms. The summed E-state index contributed by atoms with van der Waals surface area (Å²) in [7, 11) is 0. The van der Waals surface area contributed by atoms with Gasteiger partial charge in [-0.2, -0.15) is 0 Å². The van der Waals surface area contributed by atoms with Gasteiger partial charge in [-0.3, -0.25) is 4.79 Å². The van der Waals surface area contributed by atoms with Gasteiger partial charge in [-0.1, -0.05) is 26.5 Å². The number of carbonyl (C=O) groups is 1. The van der Waals surface area contributed by atoms with E-state index in [0.29, 0.717) is 24.5 Å². The van der Waals surface area contributed by atoms with Gasteiger partial charge in [0.2, 0.25) is 0 Å². The van der Waals surface area contributed by atoms with E-state index in [1.54, 1.807) is 30.3 Å². The summed E-state index contributed by atoms with van der Waals surface area (Å²) in [5.41, 5.74) is 5.96. The van der Waals surface area contributed by atoms with Crippen LogP contribution in [0.3, 0.4) is 0 Å². The van der Waals surface area contributed by atoms with E-state index < -0.39 is 5.54 Å². The molecule has 0 aromatic heterocycles. The number of rotatable bonds is 7. The van der Waals surface area contributed by atoms with E-state index in [9.17, 15) is 4.79 Å². The minimum atomic E-state index is -0.408. The number of hydrogen-bond donors (Lipinski definition) is 2. The standard InChI is InChI=1S/C16H24N2O2/c1-5-10-20-14-8-6-13(7-9-14)15(19)18-16(4,11-17)12(2)3/h5-9,12H,1,10-11,17H2,2-4H3,(H,18,19). The van der Waals surface area contributed by atoms with Crippen molar-refractivity contribution in [3.63, 3.8) is 0 Å². The Balaban J connectivity index is 2.75. The van der Waals surface area contributed by atoms with Gasteiger partial charge in [0.05, 0.1) is 5.54 Å². The molecule has 0 aliphatic carbocycles. The average Bonchev–Trinajstić information content (AvgIpc) is 2.45. The molecule has 0 radical (unpaired) electrons. The predicted octanol–water partition coefficient (Wildman–Crippen LogP) is 2.35. The van der Waals surface area contributed by atoms with Crippen molar-refractivity contribution in [2.45, 2.75) is 26.3 Å². The number of amides is 1. The lowest BCUT2D eigenvalue weighted by atomic mass is 9.88. The van der Waals surface area contributed by atoms with Gasteiger partial charge in [0.1, 0.15) is 12.4 Å². The summed E-state index contributed by atoms with van der Waals surface area (Å²) >= 11 is 0. The maximum absolute atomic E-state index is 12.2. The molecule has 0 fully saturated rings.